The first kappa shape index (κ1) is 13.2. The number of amides is 1. The number of anilines is 1. The number of nitrogens with zero attached hydrogens (tertiary/aromatic N) is 1. The van der Waals surface area contributed by atoms with Gasteiger partial charge in [0.2, 0.25) is 0 Å². The molecular weight excluding hydrogens is 298 g/mol. The average molecular weight is 311 g/mol. The van der Waals surface area contributed by atoms with E-state index in [1.54, 1.807) is 11.8 Å². The van der Waals surface area contributed by atoms with Crippen LogP contribution in [0.1, 0.15) is 0 Å². The van der Waals surface area contributed by atoms with Crippen molar-refractivity contribution < 1.29 is 9.90 Å². The van der Waals surface area contributed by atoms with Crippen molar-refractivity contribution >= 4 is 40.5 Å². The normalized spacial score (nSPS) is 23.1. The average Bonchev–Trinajstić information content (AvgIpc) is 3.15. The van der Waals surface area contributed by atoms with Gasteiger partial charge in [0, 0.05) is 23.6 Å². The molecule has 1 aromatic carbocycles. The topological polar surface area (TPSA) is 77.5 Å². The molecule has 4 rings (SSSR count). The summed E-state index contributed by atoms with van der Waals surface area (Å²) >= 11 is 1.54. The molecule has 2 atom stereocenters. The van der Waals surface area contributed by atoms with Gasteiger partial charge in [0.1, 0.15) is 11.1 Å². The third-order valence-corrected chi connectivity index (χ3v) is 4.82. The Kier molecular flexibility index (Phi) is 3.04. The van der Waals surface area contributed by atoms with Crippen LogP contribution in [0, 0.1) is 5.92 Å². The number of hydrogen-bond donors (Lipinski definition) is 3. The molecule has 0 spiro atoms. The number of aliphatic hydroxyl groups excluding tert-OH is 1. The van der Waals surface area contributed by atoms with E-state index in [1.807, 2.05) is 41.9 Å². The van der Waals surface area contributed by atoms with Gasteiger partial charge in [-0.05, 0) is 29.0 Å². The van der Waals surface area contributed by atoms with Crippen molar-refractivity contribution in [1.29, 1.82) is 0 Å². The van der Waals surface area contributed by atoms with Crippen LogP contribution in [0.2, 0.25) is 0 Å². The van der Waals surface area contributed by atoms with Crippen molar-refractivity contribution in [2.75, 3.05) is 5.32 Å². The Morgan fingerprint density at radius 1 is 1.36 bits per heavy atom. The third-order valence-electron chi connectivity index (χ3n) is 3.81. The third kappa shape index (κ3) is 2.12. The molecule has 5 nitrogen and oxygen atoms in total. The van der Waals surface area contributed by atoms with Gasteiger partial charge in [-0.25, -0.2) is 0 Å². The van der Waals surface area contributed by atoms with E-state index in [4.69, 9.17) is 0 Å². The highest BCUT2D eigenvalue weighted by molar-refractivity contribution is 8.03. The van der Waals surface area contributed by atoms with Crippen molar-refractivity contribution in [3.05, 3.63) is 53.3 Å². The smallest absolute Gasteiger partial charge is 0.260 e. The molecule has 0 aliphatic carbocycles. The van der Waals surface area contributed by atoms with E-state index in [0.717, 1.165) is 10.9 Å². The maximum Gasteiger partial charge on any atom is 0.260 e. The quantitative estimate of drug-likeness (QED) is 0.797. The minimum absolute atomic E-state index is 0.0492. The Labute approximate surface area is 130 Å². The molecule has 0 saturated heterocycles. The zero-order valence-corrected chi connectivity index (χ0v) is 12.3. The first-order chi connectivity index (χ1) is 10.7. The molecule has 2 aliphatic heterocycles. The standard InChI is InChI=1S/C16H13N3O2S/c20-14-11-4-6-22-16(11)18-8-12(14)15(21)19-10-2-1-9-3-5-17-13(9)7-10/h1-8,11,16-17,20H,(H,19,21). The van der Waals surface area contributed by atoms with Gasteiger partial charge in [-0.15, -0.1) is 11.8 Å². The number of hydrogen-bond acceptors (Lipinski definition) is 4. The minimum atomic E-state index is -0.351. The van der Waals surface area contributed by atoms with Gasteiger partial charge in [0.05, 0.1) is 11.5 Å². The van der Waals surface area contributed by atoms with Gasteiger partial charge in [0.15, 0.2) is 0 Å². The predicted molar refractivity (Wildman–Crippen MR) is 89.1 cm³/mol. The van der Waals surface area contributed by atoms with E-state index in [9.17, 15) is 9.90 Å². The number of aliphatic imine (C=N–C) groups is 1. The fourth-order valence-corrected chi connectivity index (χ4v) is 3.58. The van der Waals surface area contributed by atoms with E-state index in [0.29, 0.717) is 5.69 Å². The lowest BCUT2D eigenvalue weighted by Gasteiger charge is -2.20. The van der Waals surface area contributed by atoms with E-state index >= 15 is 0 Å². The molecule has 3 heterocycles. The number of fused-ring (bicyclic) bond motifs is 2. The number of dihydropyridines is 1. The summed E-state index contributed by atoms with van der Waals surface area (Å²) in [6, 6.07) is 7.59. The number of thioether (sulfide) groups is 1. The van der Waals surface area contributed by atoms with Crippen molar-refractivity contribution in [1.82, 2.24) is 4.98 Å². The number of aromatic nitrogens is 1. The summed E-state index contributed by atoms with van der Waals surface area (Å²) < 4.78 is 0. The van der Waals surface area contributed by atoms with Crippen molar-refractivity contribution in [2.24, 2.45) is 10.9 Å². The summed E-state index contributed by atoms with van der Waals surface area (Å²) in [5.74, 6) is -0.475. The first-order valence-electron chi connectivity index (χ1n) is 6.89. The van der Waals surface area contributed by atoms with Gasteiger partial charge >= 0.3 is 0 Å². The zero-order chi connectivity index (χ0) is 15.1. The SMILES string of the molecule is O=C(Nc1ccc2cc[nH]c2c1)C1=C(O)C2C=CSC2N=C1. The van der Waals surface area contributed by atoms with Crippen LogP contribution in [0.25, 0.3) is 10.9 Å². The number of nitrogens with one attached hydrogen (secondary N) is 2. The number of aliphatic hydroxyl groups is 1. The summed E-state index contributed by atoms with van der Waals surface area (Å²) in [6.07, 6.45) is 5.18. The highest BCUT2D eigenvalue weighted by Crippen LogP contribution is 2.37. The van der Waals surface area contributed by atoms with Crippen LogP contribution in [0.3, 0.4) is 0 Å². The van der Waals surface area contributed by atoms with Gasteiger partial charge in [-0.3, -0.25) is 9.79 Å². The highest BCUT2D eigenvalue weighted by Gasteiger charge is 2.33. The summed E-state index contributed by atoms with van der Waals surface area (Å²) in [5, 5.41) is 16.0. The monoisotopic (exact) mass is 311 g/mol. The Hall–Kier alpha value is -2.47. The zero-order valence-electron chi connectivity index (χ0n) is 11.5. The summed E-state index contributed by atoms with van der Waals surface area (Å²) in [6.45, 7) is 0. The lowest BCUT2D eigenvalue weighted by atomic mass is 10.00. The van der Waals surface area contributed by atoms with Crippen molar-refractivity contribution in [3.63, 3.8) is 0 Å². The molecule has 3 N–H and O–H groups in total. The number of carbonyl (C=O) groups is 1. The maximum atomic E-state index is 12.4. The second-order valence-electron chi connectivity index (χ2n) is 5.19. The molecule has 2 aliphatic rings. The first-order valence-corrected chi connectivity index (χ1v) is 7.83. The molecule has 0 bridgehead atoms. The van der Waals surface area contributed by atoms with Gasteiger partial charge < -0.3 is 15.4 Å². The van der Waals surface area contributed by atoms with Crippen LogP contribution in [-0.4, -0.2) is 27.6 Å². The molecule has 0 fully saturated rings. The molecule has 110 valence electrons. The van der Waals surface area contributed by atoms with Crippen LogP contribution in [-0.2, 0) is 4.79 Å². The fourth-order valence-electron chi connectivity index (χ4n) is 2.64. The second-order valence-corrected chi connectivity index (χ2v) is 6.22. The van der Waals surface area contributed by atoms with E-state index in [1.165, 1.54) is 6.21 Å². The van der Waals surface area contributed by atoms with Gasteiger partial charge in [0.25, 0.3) is 5.91 Å². The van der Waals surface area contributed by atoms with E-state index in [2.05, 4.69) is 15.3 Å². The van der Waals surface area contributed by atoms with Crippen LogP contribution in [0.4, 0.5) is 5.69 Å². The Morgan fingerprint density at radius 3 is 3.18 bits per heavy atom. The molecule has 1 amide bonds. The Balaban J connectivity index is 1.60. The van der Waals surface area contributed by atoms with Crippen LogP contribution in [0.15, 0.2) is 58.3 Å². The highest BCUT2D eigenvalue weighted by atomic mass is 32.2. The summed E-state index contributed by atoms with van der Waals surface area (Å²) in [4.78, 5) is 19.8. The second kappa shape index (κ2) is 5.06. The largest absolute Gasteiger partial charge is 0.511 e. The fraction of sp³-hybridized carbons (Fsp3) is 0.125. The Morgan fingerprint density at radius 2 is 2.27 bits per heavy atom. The maximum absolute atomic E-state index is 12.4. The van der Waals surface area contributed by atoms with Crippen molar-refractivity contribution in [2.45, 2.75) is 5.37 Å². The van der Waals surface area contributed by atoms with Gasteiger partial charge in [-0.2, -0.15) is 0 Å². The molecule has 6 heteroatoms. The number of aromatic amines is 1. The minimum Gasteiger partial charge on any atom is -0.511 e. The van der Waals surface area contributed by atoms with Crippen molar-refractivity contribution in [3.8, 4) is 0 Å². The molecule has 2 aromatic rings. The number of rotatable bonds is 2. The number of H-pyrrole nitrogens is 1. The predicted octanol–water partition coefficient (Wildman–Crippen LogP) is 3.21. The molecule has 0 saturated carbocycles. The van der Waals surface area contributed by atoms with Crippen LogP contribution < -0.4 is 5.32 Å². The number of benzene rings is 1. The molecule has 0 radical (unpaired) electrons. The molecule has 2 unspecified atom stereocenters. The summed E-state index contributed by atoms with van der Waals surface area (Å²) in [5.41, 5.74) is 1.84. The molecule has 22 heavy (non-hydrogen) atoms. The Bertz CT molecular complexity index is 850. The summed E-state index contributed by atoms with van der Waals surface area (Å²) in [7, 11) is 0. The molecule has 1 aromatic heterocycles. The number of carbonyl (C=O) groups excluding carboxylic acids is 1. The molecular formula is C16H13N3O2S. The van der Waals surface area contributed by atoms with Crippen LogP contribution in [0.5, 0.6) is 0 Å². The van der Waals surface area contributed by atoms with Crippen LogP contribution >= 0.6 is 11.8 Å². The van der Waals surface area contributed by atoms with Gasteiger partial charge in [-0.1, -0.05) is 12.1 Å². The van der Waals surface area contributed by atoms with E-state index in [-0.39, 0.29) is 28.5 Å². The lowest BCUT2D eigenvalue weighted by molar-refractivity contribution is -0.112. The lowest BCUT2D eigenvalue weighted by Crippen LogP contribution is -2.25. The van der Waals surface area contributed by atoms with E-state index < -0.39 is 0 Å².